The lowest BCUT2D eigenvalue weighted by Crippen LogP contribution is -2.17. The van der Waals surface area contributed by atoms with Gasteiger partial charge in [0.25, 0.3) is 0 Å². The van der Waals surface area contributed by atoms with E-state index in [-0.39, 0.29) is 5.41 Å². The Morgan fingerprint density at radius 3 is 2.25 bits per heavy atom. The van der Waals surface area contributed by atoms with Crippen molar-refractivity contribution < 1.29 is 4.84 Å². The normalized spacial score (nSPS) is 12.1. The van der Waals surface area contributed by atoms with Crippen LogP contribution in [-0.4, -0.2) is 5.71 Å². The molecule has 0 amide bonds. The van der Waals surface area contributed by atoms with Crippen molar-refractivity contribution in [2.75, 3.05) is 0 Å². The Kier molecular flexibility index (Phi) is 3.68. The molecule has 0 aromatic heterocycles. The first kappa shape index (κ1) is 12.3. The van der Waals surface area contributed by atoms with Crippen molar-refractivity contribution in [3.05, 3.63) is 29.8 Å². The van der Waals surface area contributed by atoms with Gasteiger partial charge in [0.15, 0.2) is 5.75 Å². The summed E-state index contributed by atoms with van der Waals surface area (Å²) >= 11 is 0. The Hall–Kier alpha value is -1.82. The van der Waals surface area contributed by atoms with Crippen LogP contribution in [0.4, 0.5) is 0 Å². The van der Waals surface area contributed by atoms with Crippen molar-refractivity contribution in [2.45, 2.75) is 27.7 Å². The maximum absolute atomic E-state index is 8.63. The molecule has 0 aliphatic rings. The van der Waals surface area contributed by atoms with Crippen LogP contribution in [0.15, 0.2) is 29.4 Å². The lowest BCUT2D eigenvalue weighted by molar-refractivity contribution is 0.332. The monoisotopic (exact) mass is 216 g/mol. The maximum atomic E-state index is 8.63. The zero-order valence-corrected chi connectivity index (χ0v) is 10.1. The summed E-state index contributed by atoms with van der Waals surface area (Å²) in [6.07, 6.45) is 0. The largest absolute Gasteiger partial charge is 0.357 e. The molecule has 0 aliphatic carbocycles. The molecule has 1 aromatic rings. The molecule has 0 fully saturated rings. The van der Waals surface area contributed by atoms with Gasteiger partial charge in [-0.15, -0.1) is 0 Å². The van der Waals surface area contributed by atoms with Crippen molar-refractivity contribution in [1.29, 1.82) is 5.26 Å². The van der Waals surface area contributed by atoms with Crippen molar-refractivity contribution >= 4 is 5.71 Å². The Bertz CT molecular complexity index is 419. The van der Waals surface area contributed by atoms with Gasteiger partial charge < -0.3 is 4.84 Å². The van der Waals surface area contributed by atoms with E-state index in [9.17, 15) is 0 Å². The average molecular weight is 216 g/mol. The molecule has 84 valence electrons. The van der Waals surface area contributed by atoms with Crippen LogP contribution in [0, 0.1) is 16.7 Å². The van der Waals surface area contributed by atoms with E-state index >= 15 is 0 Å². The second kappa shape index (κ2) is 4.80. The Morgan fingerprint density at radius 2 is 1.81 bits per heavy atom. The molecule has 0 radical (unpaired) electrons. The Balaban J connectivity index is 2.72. The van der Waals surface area contributed by atoms with Crippen molar-refractivity contribution in [1.82, 2.24) is 0 Å². The fraction of sp³-hybridized carbons (Fsp3) is 0.385. The number of nitrogens with zero attached hydrogens (tertiary/aromatic N) is 2. The van der Waals surface area contributed by atoms with Crippen molar-refractivity contribution in [3.63, 3.8) is 0 Å². The standard InChI is InChI=1S/C13H16N2O/c1-10(13(2,3)4)15-16-12-7-5-11(9-14)6-8-12/h5-8H,1-4H3/b15-10+. The number of oxime groups is 1. The molecule has 1 rings (SSSR count). The van der Waals surface area contributed by atoms with Gasteiger partial charge in [0.2, 0.25) is 0 Å². The topological polar surface area (TPSA) is 45.4 Å². The van der Waals surface area contributed by atoms with Gasteiger partial charge in [-0.3, -0.25) is 0 Å². The number of nitriles is 1. The highest BCUT2D eigenvalue weighted by atomic mass is 16.6. The van der Waals surface area contributed by atoms with Crippen LogP contribution in [-0.2, 0) is 0 Å². The minimum atomic E-state index is 0.00654. The maximum Gasteiger partial charge on any atom is 0.158 e. The number of benzene rings is 1. The summed E-state index contributed by atoms with van der Waals surface area (Å²) in [7, 11) is 0. The zero-order valence-electron chi connectivity index (χ0n) is 10.1. The van der Waals surface area contributed by atoms with E-state index in [2.05, 4.69) is 32.0 Å². The molecule has 0 aliphatic heterocycles. The van der Waals surface area contributed by atoms with Gasteiger partial charge >= 0.3 is 0 Å². The lowest BCUT2D eigenvalue weighted by Gasteiger charge is -2.16. The number of hydrogen-bond acceptors (Lipinski definition) is 3. The molecule has 16 heavy (non-hydrogen) atoms. The van der Waals surface area contributed by atoms with Crippen LogP contribution in [0.3, 0.4) is 0 Å². The van der Waals surface area contributed by atoms with Crippen LogP contribution in [0.2, 0.25) is 0 Å². The van der Waals surface area contributed by atoms with Crippen LogP contribution < -0.4 is 4.84 Å². The Morgan fingerprint density at radius 1 is 1.25 bits per heavy atom. The van der Waals surface area contributed by atoms with Crippen LogP contribution in [0.25, 0.3) is 0 Å². The van der Waals surface area contributed by atoms with E-state index in [0.29, 0.717) is 11.3 Å². The summed E-state index contributed by atoms with van der Waals surface area (Å²) in [5.74, 6) is 0.641. The molecule has 0 saturated carbocycles. The van der Waals surface area contributed by atoms with Gasteiger partial charge in [-0.2, -0.15) is 5.26 Å². The molecule has 0 spiro atoms. The quantitative estimate of drug-likeness (QED) is 0.562. The highest BCUT2D eigenvalue weighted by molar-refractivity contribution is 5.86. The summed E-state index contributed by atoms with van der Waals surface area (Å²) in [6.45, 7) is 8.17. The Labute approximate surface area is 96.3 Å². The third kappa shape index (κ3) is 3.39. The highest BCUT2D eigenvalue weighted by Crippen LogP contribution is 2.17. The molecule has 0 N–H and O–H groups in total. The molecular weight excluding hydrogens is 200 g/mol. The molecule has 0 bridgehead atoms. The average Bonchev–Trinajstić information content (AvgIpc) is 2.25. The number of hydrogen-bond donors (Lipinski definition) is 0. The molecular formula is C13H16N2O. The van der Waals surface area contributed by atoms with Gasteiger partial charge in [-0.1, -0.05) is 25.9 Å². The van der Waals surface area contributed by atoms with Crippen LogP contribution in [0.1, 0.15) is 33.3 Å². The van der Waals surface area contributed by atoms with Gasteiger partial charge in [0.1, 0.15) is 0 Å². The fourth-order valence-electron chi connectivity index (χ4n) is 0.848. The third-order valence-electron chi connectivity index (χ3n) is 2.36. The molecule has 1 aromatic carbocycles. The summed E-state index contributed by atoms with van der Waals surface area (Å²) in [5, 5.41) is 12.7. The van der Waals surface area contributed by atoms with Gasteiger partial charge in [0.05, 0.1) is 17.3 Å². The SMILES string of the molecule is C/C(=N\Oc1ccc(C#N)cc1)C(C)(C)C. The molecule has 3 nitrogen and oxygen atoms in total. The van der Waals surface area contributed by atoms with Gasteiger partial charge in [-0.25, -0.2) is 0 Å². The molecule has 0 saturated heterocycles. The van der Waals surface area contributed by atoms with E-state index in [1.165, 1.54) is 0 Å². The van der Waals surface area contributed by atoms with E-state index in [1.54, 1.807) is 24.3 Å². The van der Waals surface area contributed by atoms with Gasteiger partial charge in [-0.05, 0) is 31.2 Å². The van der Waals surface area contributed by atoms with Crippen molar-refractivity contribution in [2.24, 2.45) is 10.6 Å². The van der Waals surface area contributed by atoms with E-state index in [0.717, 1.165) is 5.71 Å². The smallest absolute Gasteiger partial charge is 0.158 e. The first-order valence-electron chi connectivity index (χ1n) is 5.16. The van der Waals surface area contributed by atoms with Crippen molar-refractivity contribution in [3.8, 4) is 11.8 Å². The second-order valence-electron chi connectivity index (χ2n) is 4.65. The van der Waals surface area contributed by atoms with E-state index in [1.807, 2.05) is 6.92 Å². The minimum absolute atomic E-state index is 0.00654. The molecule has 0 unspecified atom stereocenters. The summed E-state index contributed by atoms with van der Waals surface area (Å²) in [5.41, 5.74) is 1.55. The van der Waals surface area contributed by atoms with E-state index < -0.39 is 0 Å². The minimum Gasteiger partial charge on any atom is -0.357 e. The lowest BCUT2D eigenvalue weighted by atomic mass is 9.91. The summed E-state index contributed by atoms with van der Waals surface area (Å²) in [6, 6.07) is 8.93. The van der Waals surface area contributed by atoms with Crippen LogP contribution >= 0.6 is 0 Å². The predicted molar refractivity (Wildman–Crippen MR) is 64.3 cm³/mol. The first-order valence-corrected chi connectivity index (χ1v) is 5.16. The predicted octanol–water partition coefficient (Wildman–Crippen LogP) is 3.36. The molecule has 3 heteroatoms. The first-order chi connectivity index (χ1) is 7.43. The van der Waals surface area contributed by atoms with E-state index in [4.69, 9.17) is 10.1 Å². The number of rotatable bonds is 2. The molecule has 0 heterocycles. The van der Waals surface area contributed by atoms with Gasteiger partial charge in [0, 0.05) is 5.41 Å². The summed E-state index contributed by atoms with van der Waals surface area (Å²) in [4.78, 5) is 5.27. The third-order valence-corrected chi connectivity index (χ3v) is 2.36. The highest BCUT2D eigenvalue weighted by Gasteiger charge is 2.14. The molecule has 0 atom stereocenters. The summed E-state index contributed by atoms with van der Waals surface area (Å²) < 4.78 is 0. The second-order valence-corrected chi connectivity index (χ2v) is 4.65. The fourth-order valence-corrected chi connectivity index (χ4v) is 0.848. The van der Waals surface area contributed by atoms with Crippen LogP contribution in [0.5, 0.6) is 5.75 Å². The zero-order chi connectivity index (χ0) is 12.2.